The molecule has 4 nitrogen and oxygen atoms in total. The lowest BCUT2D eigenvalue weighted by Crippen LogP contribution is -2.17. The molecule has 0 N–H and O–H groups in total. The third kappa shape index (κ3) is 5.49. The number of nitrogens with zero attached hydrogens (tertiary/aromatic N) is 3. The van der Waals surface area contributed by atoms with E-state index in [0.717, 1.165) is 25.5 Å². The van der Waals surface area contributed by atoms with Crippen molar-refractivity contribution >= 4 is 23.2 Å². The van der Waals surface area contributed by atoms with Crippen molar-refractivity contribution in [2.75, 3.05) is 18.6 Å². The van der Waals surface area contributed by atoms with Crippen molar-refractivity contribution in [2.45, 2.75) is 38.8 Å². The number of hydrogen-bond donors (Lipinski definition) is 0. The standard InChI is InChI=1S/C18H21ClF3N3O/c1-3-4-5-6-10-26-16-15(18(20,21)22)12-23-17(24-16)25(2)14-9-7-8-13(19)11-14/h7-9,11-12H,3-6,10H2,1-2H3. The van der Waals surface area contributed by atoms with Crippen molar-refractivity contribution in [2.24, 2.45) is 0 Å². The Kier molecular flexibility index (Phi) is 7.08. The molecule has 0 saturated carbocycles. The first-order chi connectivity index (χ1) is 12.3. The van der Waals surface area contributed by atoms with Crippen LogP contribution in [0.4, 0.5) is 24.8 Å². The number of aromatic nitrogens is 2. The van der Waals surface area contributed by atoms with Gasteiger partial charge in [0.2, 0.25) is 11.8 Å². The third-order valence-electron chi connectivity index (χ3n) is 3.78. The summed E-state index contributed by atoms with van der Waals surface area (Å²) in [6, 6.07) is 6.88. The lowest BCUT2D eigenvalue weighted by Gasteiger charge is -2.20. The van der Waals surface area contributed by atoms with Crippen molar-refractivity contribution in [1.82, 2.24) is 9.97 Å². The molecule has 0 saturated heterocycles. The van der Waals surface area contributed by atoms with Crippen LogP contribution in [0.25, 0.3) is 0 Å². The maximum absolute atomic E-state index is 13.2. The number of hydrogen-bond acceptors (Lipinski definition) is 4. The molecule has 1 heterocycles. The molecule has 0 bridgehead atoms. The fourth-order valence-corrected chi connectivity index (χ4v) is 2.51. The molecule has 142 valence electrons. The third-order valence-corrected chi connectivity index (χ3v) is 4.01. The molecule has 26 heavy (non-hydrogen) atoms. The summed E-state index contributed by atoms with van der Waals surface area (Å²) in [5.74, 6) is -0.350. The van der Waals surface area contributed by atoms with E-state index < -0.39 is 17.6 Å². The van der Waals surface area contributed by atoms with Gasteiger partial charge in [0, 0.05) is 24.0 Å². The van der Waals surface area contributed by atoms with E-state index in [9.17, 15) is 13.2 Å². The minimum Gasteiger partial charge on any atom is -0.477 e. The molecule has 8 heteroatoms. The molecule has 0 radical (unpaired) electrons. The Morgan fingerprint density at radius 1 is 1.19 bits per heavy atom. The monoisotopic (exact) mass is 387 g/mol. The van der Waals surface area contributed by atoms with Gasteiger partial charge in [0.1, 0.15) is 5.56 Å². The predicted octanol–water partition coefficient (Wildman–Crippen LogP) is 5.88. The first kappa shape index (κ1) is 20.3. The van der Waals surface area contributed by atoms with Crippen LogP contribution in [0.3, 0.4) is 0 Å². The smallest absolute Gasteiger partial charge is 0.423 e. The summed E-state index contributed by atoms with van der Waals surface area (Å²) in [6.45, 7) is 2.24. The second kappa shape index (κ2) is 9.07. The maximum Gasteiger partial charge on any atom is 0.423 e. The van der Waals surface area contributed by atoms with Gasteiger partial charge in [0.15, 0.2) is 0 Å². The van der Waals surface area contributed by atoms with E-state index in [0.29, 0.717) is 17.1 Å². The van der Waals surface area contributed by atoms with Crippen LogP contribution < -0.4 is 9.64 Å². The molecule has 0 amide bonds. The summed E-state index contributed by atoms with van der Waals surface area (Å²) in [6.07, 6.45) is -0.193. The van der Waals surface area contributed by atoms with Crippen LogP contribution in [-0.2, 0) is 6.18 Å². The zero-order valence-corrected chi connectivity index (χ0v) is 15.4. The van der Waals surface area contributed by atoms with Crippen LogP contribution in [0.5, 0.6) is 5.88 Å². The van der Waals surface area contributed by atoms with Gasteiger partial charge in [-0.15, -0.1) is 0 Å². The van der Waals surface area contributed by atoms with Gasteiger partial charge in [0.25, 0.3) is 0 Å². The molecule has 2 rings (SSSR count). The van der Waals surface area contributed by atoms with Gasteiger partial charge < -0.3 is 9.64 Å². The fraction of sp³-hybridized carbons (Fsp3) is 0.444. The molecule has 2 aromatic rings. The molecule has 0 aliphatic heterocycles. The SMILES string of the molecule is CCCCCCOc1nc(N(C)c2cccc(Cl)c2)ncc1C(F)(F)F. The van der Waals surface area contributed by atoms with Crippen molar-refractivity contribution in [3.63, 3.8) is 0 Å². The molecule has 0 atom stereocenters. The predicted molar refractivity (Wildman–Crippen MR) is 96.2 cm³/mol. The Bertz CT molecular complexity index is 725. The molecule has 0 aliphatic carbocycles. The molecular weight excluding hydrogens is 367 g/mol. The highest BCUT2D eigenvalue weighted by molar-refractivity contribution is 6.30. The first-order valence-corrected chi connectivity index (χ1v) is 8.77. The Morgan fingerprint density at radius 3 is 2.62 bits per heavy atom. The van der Waals surface area contributed by atoms with E-state index >= 15 is 0 Å². The Hall–Kier alpha value is -2.02. The van der Waals surface area contributed by atoms with Crippen LogP contribution in [-0.4, -0.2) is 23.6 Å². The molecule has 0 fully saturated rings. The Labute approximate surface area is 156 Å². The largest absolute Gasteiger partial charge is 0.477 e. The molecule has 1 aromatic heterocycles. The molecule has 0 aliphatic rings. The lowest BCUT2D eigenvalue weighted by atomic mass is 10.2. The molecule has 0 unspecified atom stereocenters. The average molecular weight is 388 g/mol. The second-order valence-electron chi connectivity index (χ2n) is 5.83. The number of rotatable bonds is 8. The van der Waals surface area contributed by atoms with Gasteiger partial charge in [-0.2, -0.15) is 18.2 Å². The van der Waals surface area contributed by atoms with Crippen LogP contribution in [0.15, 0.2) is 30.5 Å². The topological polar surface area (TPSA) is 38.2 Å². The molecule has 1 aromatic carbocycles. The highest BCUT2D eigenvalue weighted by Crippen LogP contribution is 2.36. The summed E-state index contributed by atoms with van der Waals surface area (Å²) in [4.78, 5) is 9.39. The summed E-state index contributed by atoms with van der Waals surface area (Å²) in [7, 11) is 1.65. The summed E-state index contributed by atoms with van der Waals surface area (Å²) in [5, 5.41) is 0.508. The highest BCUT2D eigenvalue weighted by atomic mass is 35.5. The second-order valence-corrected chi connectivity index (χ2v) is 6.27. The van der Waals surface area contributed by atoms with Crippen LogP contribution in [0.1, 0.15) is 38.2 Å². The zero-order valence-electron chi connectivity index (χ0n) is 14.7. The van der Waals surface area contributed by atoms with E-state index in [4.69, 9.17) is 16.3 Å². The van der Waals surface area contributed by atoms with E-state index in [1.807, 2.05) is 0 Å². The quantitative estimate of drug-likeness (QED) is 0.530. The Morgan fingerprint density at radius 2 is 1.96 bits per heavy atom. The number of alkyl halides is 3. The molecule has 0 spiro atoms. The minimum atomic E-state index is -4.58. The number of anilines is 2. The van der Waals surface area contributed by atoms with E-state index in [1.54, 1.807) is 36.2 Å². The fourth-order valence-electron chi connectivity index (χ4n) is 2.32. The first-order valence-electron chi connectivity index (χ1n) is 8.39. The number of unbranched alkanes of at least 4 members (excludes halogenated alkanes) is 3. The van der Waals surface area contributed by atoms with Crippen LogP contribution >= 0.6 is 11.6 Å². The van der Waals surface area contributed by atoms with Gasteiger partial charge in [0.05, 0.1) is 6.61 Å². The molecular formula is C18H21ClF3N3O. The summed E-state index contributed by atoms with van der Waals surface area (Å²) < 4.78 is 44.9. The lowest BCUT2D eigenvalue weighted by molar-refractivity contribution is -0.139. The normalized spacial score (nSPS) is 11.5. The van der Waals surface area contributed by atoms with Crippen LogP contribution in [0.2, 0.25) is 5.02 Å². The van der Waals surface area contributed by atoms with Gasteiger partial charge in [-0.25, -0.2) is 4.98 Å². The summed E-state index contributed by atoms with van der Waals surface area (Å²) >= 11 is 5.96. The zero-order chi connectivity index (χ0) is 19.2. The van der Waals surface area contributed by atoms with E-state index in [1.165, 1.54) is 0 Å². The van der Waals surface area contributed by atoms with E-state index in [2.05, 4.69) is 16.9 Å². The highest BCUT2D eigenvalue weighted by Gasteiger charge is 2.36. The van der Waals surface area contributed by atoms with Gasteiger partial charge >= 0.3 is 6.18 Å². The number of halogens is 4. The average Bonchev–Trinajstić information content (AvgIpc) is 2.60. The summed E-state index contributed by atoms with van der Waals surface area (Å²) in [5.41, 5.74) is -0.317. The van der Waals surface area contributed by atoms with E-state index in [-0.39, 0.29) is 12.6 Å². The van der Waals surface area contributed by atoms with Crippen LogP contribution in [0, 0.1) is 0 Å². The van der Waals surface area contributed by atoms with Gasteiger partial charge in [-0.3, -0.25) is 0 Å². The van der Waals surface area contributed by atoms with Crippen molar-refractivity contribution in [3.05, 3.63) is 41.0 Å². The van der Waals surface area contributed by atoms with Crippen molar-refractivity contribution < 1.29 is 17.9 Å². The maximum atomic E-state index is 13.2. The van der Waals surface area contributed by atoms with Crippen molar-refractivity contribution in [3.8, 4) is 5.88 Å². The van der Waals surface area contributed by atoms with Gasteiger partial charge in [-0.05, 0) is 24.6 Å². The minimum absolute atomic E-state index is 0.101. The number of ether oxygens (including phenoxy) is 1. The Balaban J connectivity index is 2.24. The van der Waals surface area contributed by atoms with Gasteiger partial charge in [-0.1, -0.05) is 43.9 Å². The van der Waals surface area contributed by atoms with Crippen molar-refractivity contribution in [1.29, 1.82) is 0 Å². The number of benzene rings is 1.